The van der Waals surface area contributed by atoms with Crippen LogP contribution in [-0.4, -0.2) is 48.0 Å². The van der Waals surface area contributed by atoms with E-state index in [2.05, 4.69) is 51.1 Å². The molecule has 0 spiro atoms. The van der Waals surface area contributed by atoms with E-state index in [-0.39, 0.29) is 11.7 Å². The first kappa shape index (κ1) is 22.7. The molecule has 1 saturated heterocycles. The van der Waals surface area contributed by atoms with Crippen LogP contribution in [0.3, 0.4) is 0 Å². The number of hydrogen-bond donors (Lipinski definition) is 0. The van der Waals surface area contributed by atoms with Gasteiger partial charge in [-0.2, -0.15) is 4.99 Å². The average Bonchev–Trinajstić information content (AvgIpc) is 3.53. The zero-order valence-corrected chi connectivity index (χ0v) is 20.9. The Bertz CT molecular complexity index is 1230. The molecule has 176 valence electrons. The molecular formula is C24H26N6O2S2. The lowest BCUT2D eigenvalue weighted by molar-refractivity contribution is -0.115. The number of carbonyl (C=O) groups is 1. The van der Waals surface area contributed by atoms with Gasteiger partial charge in [0.25, 0.3) is 0 Å². The van der Waals surface area contributed by atoms with Crippen molar-refractivity contribution in [1.82, 2.24) is 9.88 Å². The summed E-state index contributed by atoms with van der Waals surface area (Å²) >= 11 is 2.97. The Hall–Kier alpha value is -3.11. The summed E-state index contributed by atoms with van der Waals surface area (Å²) in [4.78, 5) is 27.1. The molecular weight excluding hydrogens is 468 g/mol. The molecule has 0 atom stereocenters. The van der Waals surface area contributed by atoms with Crippen LogP contribution in [0.15, 0.2) is 51.3 Å². The normalized spacial score (nSPS) is 17.7. The minimum Gasteiger partial charge on any atom is -0.420 e. The quantitative estimate of drug-likeness (QED) is 0.294. The Morgan fingerprint density at radius 2 is 1.85 bits per heavy atom. The van der Waals surface area contributed by atoms with Crippen molar-refractivity contribution in [2.75, 3.05) is 31.1 Å². The van der Waals surface area contributed by atoms with Gasteiger partial charge >= 0.3 is 11.9 Å². The molecule has 3 aromatic rings. The Morgan fingerprint density at radius 3 is 2.56 bits per heavy atom. The second-order valence-electron chi connectivity index (χ2n) is 8.06. The summed E-state index contributed by atoms with van der Waals surface area (Å²) < 4.78 is 6.78. The SMILES string of the molecule is CCN(CC)c1ccc(/N=N/c2nc3sc(/C=C4/OC(N5CCCCC5)=NC4=O)cc3s2)cc1. The number of amidine groups is 1. The summed E-state index contributed by atoms with van der Waals surface area (Å²) in [5.41, 5.74) is 1.97. The van der Waals surface area contributed by atoms with E-state index in [0.717, 1.165) is 59.1 Å². The van der Waals surface area contributed by atoms with Crippen molar-refractivity contribution in [2.45, 2.75) is 33.1 Å². The van der Waals surface area contributed by atoms with Crippen molar-refractivity contribution in [3.05, 3.63) is 41.0 Å². The molecule has 1 amide bonds. The van der Waals surface area contributed by atoms with Crippen LogP contribution in [-0.2, 0) is 9.53 Å². The summed E-state index contributed by atoms with van der Waals surface area (Å²) in [5.74, 6) is -0.0608. The molecule has 0 unspecified atom stereocenters. The summed E-state index contributed by atoms with van der Waals surface area (Å²) in [5, 5.41) is 9.26. The van der Waals surface area contributed by atoms with E-state index >= 15 is 0 Å². The minimum atomic E-state index is -0.327. The molecule has 2 aliphatic rings. The smallest absolute Gasteiger partial charge is 0.317 e. The van der Waals surface area contributed by atoms with Crippen molar-refractivity contribution in [3.63, 3.8) is 0 Å². The predicted molar refractivity (Wildman–Crippen MR) is 139 cm³/mol. The summed E-state index contributed by atoms with van der Waals surface area (Å²) in [6, 6.07) is 10.5. The maximum atomic E-state index is 12.3. The molecule has 0 bridgehead atoms. The van der Waals surface area contributed by atoms with Crippen LogP contribution in [0, 0.1) is 0 Å². The standard InChI is InChI=1S/C24H26N6O2S2/c1-3-29(4-2)17-10-8-16(9-11-17)27-28-23-26-22-20(34-23)15-18(33-22)14-19-21(31)25-24(32-19)30-12-6-5-7-13-30/h8-11,14-15H,3-7,12-13H2,1-2H3/b19-14+,28-27+. The fourth-order valence-corrected chi connectivity index (χ4v) is 6.00. The van der Waals surface area contributed by atoms with Gasteiger partial charge in [-0.25, -0.2) is 4.98 Å². The molecule has 4 heterocycles. The van der Waals surface area contributed by atoms with Gasteiger partial charge in [-0.15, -0.1) is 21.6 Å². The highest BCUT2D eigenvalue weighted by molar-refractivity contribution is 7.29. The number of thiophene rings is 1. The fraction of sp³-hybridized carbons (Fsp3) is 0.375. The Balaban J connectivity index is 1.25. The zero-order chi connectivity index (χ0) is 23.5. The summed E-state index contributed by atoms with van der Waals surface area (Å²) in [7, 11) is 0. The number of fused-ring (bicyclic) bond motifs is 1. The van der Waals surface area contributed by atoms with E-state index < -0.39 is 0 Å². The van der Waals surface area contributed by atoms with Gasteiger partial charge in [0.2, 0.25) is 5.13 Å². The highest BCUT2D eigenvalue weighted by Gasteiger charge is 2.28. The molecule has 0 saturated carbocycles. The highest BCUT2D eigenvalue weighted by atomic mass is 32.1. The van der Waals surface area contributed by atoms with E-state index in [9.17, 15) is 4.79 Å². The third-order valence-corrected chi connectivity index (χ3v) is 7.83. The lowest BCUT2D eigenvalue weighted by atomic mass is 10.1. The maximum absolute atomic E-state index is 12.3. The monoisotopic (exact) mass is 494 g/mol. The second-order valence-corrected chi connectivity index (χ2v) is 10.1. The number of ether oxygens (including phenoxy) is 1. The molecule has 5 rings (SSSR count). The maximum Gasteiger partial charge on any atom is 0.317 e. The van der Waals surface area contributed by atoms with Gasteiger partial charge in [-0.1, -0.05) is 11.3 Å². The van der Waals surface area contributed by atoms with Crippen LogP contribution >= 0.6 is 22.7 Å². The predicted octanol–water partition coefficient (Wildman–Crippen LogP) is 6.36. The Labute approximate surface area is 206 Å². The van der Waals surface area contributed by atoms with E-state index in [4.69, 9.17) is 4.74 Å². The van der Waals surface area contributed by atoms with Gasteiger partial charge < -0.3 is 14.5 Å². The molecule has 10 heteroatoms. The number of hydrogen-bond acceptors (Lipinski definition) is 9. The molecule has 34 heavy (non-hydrogen) atoms. The number of azo groups is 1. The van der Waals surface area contributed by atoms with Crippen molar-refractivity contribution in [1.29, 1.82) is 0 Å². The van der Waals surface area contributed by atoms with Gasteiger partial charge in [0.15, 0.2) is 5.76 Å². The van der Waals surface area contributed by atoms with Gasteiger partial charge in [-0.05, 0) is 63.4 Å². The fourth-order valence-electron chi connectivity index (χ4n) is 4.02. The molecule has 0 N–H and O–H groups in total. The highest BCUT2D eigenvalue weighted by Crippen LogP contribution is 2.36. The molecule has 0 aliphatic carbocycles. The van der Waals surface area contributed by atoms with Crippen molar-refractivity contribution in [2.24, 2.45) is 15.2 Å². The Morgan fingerprint density at radius 1 is 1.09 bits per heavy atom. The number of anilines is 1. The number of aliphatic imine (C=N–C) groups is 1. The third-order valence-electron chi connectivity index (χ3n) is 5.84. The van der Waals surface area contributed by atoms with Crippen molar-refractivity contribution < 1.29 is 9.53 Å². The van der Waals surface area contributed by atoms with Crippen LogP contribution in [0.2, 0.25) is 0 Å². The van der Waals surface area contributed by atoms with E-state index in [1.165, 1.54) is 34.8 Å². The van der Waals surface area contributed by atoms with Crippen LogP contribution in [0.25, 0.3) is 15.6 Å². The molecule has 1 fully saturated rings. The molecule has 2 aromatic heterocycles. The van der Waals surface area contributed by atoms with Crippen LogP contribution in [0.1, 0.15) is 38.0 Å². The number of amides is 1. The van der Waals surface area contributed by atoms with E-state index in [1.54, 1.807) is 6.08 Å². The number of nitrogens with zero attached hydrogens (tertiary/aromatic N) is 6. The lowest BCUT2D eigenvalue weighted by Gasteiger charge is -2.26. The van der Waals surface area contributed by atoms with Crippen LogP contribution in [0.5, 0.6) is 0 Å². The number of carbonyl (C=O) groups excluding carboxylic acids is 1. The molecule has 2 aliphatic heterocycles. The number of benzene rings is 1. The molecule has 0 radical (unpaired) electrons. The third kappa shape index (κ3) is 4.88. The van der Waals surface area contributed by atoms with Gasteiger partial charge in [0.05, 0.1) is 10.4 Å². The van der Waals surface area contributed by atoms with Crippen LogP contribution < -0.4 is 4.90 Å². The summed E-state index contributed by atoms with van der Waals surface area (Å²) in [6.45, 7) is 8.00. The number of thiazole rings is 1. The van der Waals surface area contributed by atoms with Crippen LogP contribution in [0.4, 0.5) is 16.5 Å². The first-order valence-electron chi connectivity index (χ1n) is 11.6. The molecule has 8 nitrogen and oxygen atoms in total. The van der Waals surface area contributed by atoms with E-state index in [1.807, 2.05) is 23.1 Å². The first-order chi connectivity index (χ1) is 16.6. The number of rotatable bonds is 6. The summed E-state index contributed by atoms with van der Waals surface area (Å²) in [6.07, 6.45) is 5.16. The topological polar surface area (TPSA) is 82.8 Å². The number of aromatic nitrogens is 1. The van der Waals surface area contributed by atoms with E-state index in [0.29, 0.717) is 11.2 Å². The Kier molecular flexibility index (Phi) is 6.68. The zero-order valence-electron chi connectivity index (χ0n) is 19.2. The average molecular weight is 495 g/mol. The van der Waals surface area contributed by atoms with Gasteiger partial charge in [0.1, 0.15) is 4.83 Å². The number of likely N-dealkylation sites (tertiary alicyclic amines) is 1. The number of piperidine rings is 1. The first-order valence-corrected chi connectivity index (χ1v) is 13.2. The van der Waals surface area contributed by atoms with Crippen molar-refractivity contribution in [3.8, 4) is 0 Å². The lowest BCUT2D eigenvalue weighted by Crippen LogP contribution is -2.35. The second kappa shape index (κ2) is 10.0. The molecule has 1 aromatic carbocycles. The van der Waals surface area contributed by atoms with Gasteiger partial charge in [0, 0.05) is 42.8 Å². The minimum absolute atomic E-state index is 0.266. The largest absolute Gasteiger partial charge is 0.420 e. The van der Waals surface area contributed by atoms with Gasteiger partial charge in [-0.3, -0.25) is 4.79 Å². The van der Waals surface area contributed by atoms with Crippen molar-refractivity contribution >= 4 is 66.7 Å².